The molecule has 1 unspecified atom stereocenters. The number of phenols is 2. The molecule has 0 aliphatic carbocycles. The van der Waals surface area contributed by atoms with Crippen molar-refractivity contribution in [2.24, 2.45) is 0 Å². The summed E-state index contributed by atoms with van der Waals surface area (Å²) in [6.07, 6.45) is 16.5. The first-order valence-electron chi connectivity index (χ1n) is 12.5. The van der Waals surface area contributed by atoms with Crippen molar-refractivity contribution < 1.29 is 24.9 Å². The summed E-state index contributed by atoms with van der Waals surface area (Å²) in [6, 6.07) is 0.374. The van der Waals surface area contributed by atoms with E-state index >= 15 is 0 Å². The first-order chi connectivity index (χ1) is 15.8. The van der Waals surface area contributed by atoms with Gasteiger partial charge < -0.3 is 20.6 Å². The predicted molar refractivity (Wildman–Crippen MR) is 138 cm³/mol. The van der Waals surface area contributed by atoms with Crippen molar-refractivity contribution in [3.63, 3.8) is 0 Å². The molecule has 188 valence electrons. The Kier molecular flexibility index (Phi) is 14.7. The van der Waals surface area contributed by atoms with E-state index in [0.29, 0.717) is 17.5 Å². The van der Waals surface area contributed by atoms with E-state index < -0.39 is 17.8 Å². The normalized spacial score (nSPS) is 12.0. The van der Waals surface area contributed by atoms with Crippen LogP contribution in [0.1, 0.15) is 113 Å². The van der Waals surface area contributed by atoms with Gasteiger partial charge >= 0.3 is 5.97 Å². The van der Waals surface area contributed by atoms with Gasteiger partial charge in [0.2, 0.25) is 0 Å². The molecule has 1 aromatic carbocycles. The average Bonchev–Trinajstić information content (AvgIpc) is 2.78. The lowest BCUT2D eigenvalue weighted by Gasteiger charge is -2.18. The number of rotatable bonds is 19. The number of aromatic hydroxyl groups is 2. The Hall–Kier alpha value is -1.89. The van der Waals surface area contributed by atoms with Crippen molar-refractivity contribution in [3.05, 3.63) is 17.2 Å². The van der Waals surface area contributed by atoms with Crippen molar-refractivity contribution in [1.82, 2.24) is 0 Å². The summed E-state index contributed by atoms with van der Waals surface area (Å²) < 4.78 is 0. The molecule has 0 aliphatic heterocycles. The molecule has 0 aromatic heterocycles. The number of anilines is 1. The average molecular weight is 482 g/mol. The number of carboxylic acids is 1. The lowest BCUT2D eigenvalue weighted by Crippen LogP contribution is -2.31. The van der Waals surface area contributed by atoms with E-state index in [0.717, 1.165) is 19.3 Å². The molecule has 0 radical (unpaired) electrons. The quantitative estimate of drug-likeness (QED) is 0.0649. The van der Waals surface area contributed by atoms with Crippen LogP contribution in [-0.4, -0.2) is 38.9 Å². The Morgan fingerprint density at radius 3 is 1.79 bits per heavy atom. The van der Waals surface area contributed by atoms with E-state index in [1.54, 1.807) is 0 Å². The fraction of sp³-hybridized carbons (Fsp3) is 0.692. The first kappa shape index (κ1) is 29.1. The minimum atomic E-state index is -1.13. The standard InChI is InChI=1S/C26H43NO5S/c1-3-4-5-6-7-8-9-10-11-12-13-14-15-16-20-21(19(2)28)17-22(25(30)24(20)29)27-23(18-33)26(31)32/h17,23,27,29-30,33H,3-16,18H2,1-2H3,(H,31,32). The highest BCUT2D eigenvalue weighted by Gasteiger charge is 2.23. The number of aliphatic carboxylic acids is 1. The Balaban J connectivity index is 2.46. The molecule has 1 atom stereocenters. The van der Waals surface area contributed by atoms with E-state index in [4.69, 9.17) is 0 Å². The molecule has 0 aliphatic rings. The predicted octanol–water partition coefficient (Wildman–Crippen LogP) is 6.73. The number of Topliss-reactive ketones (excluding diaryl/α,β-unsaturated/α-hetero) is 1. The van der Waals surface area contributed by atoms with Gasteiger partial charge in [-0.1, -0.05) is 84.0 Å². The fourth-order valence-corrected chi connectivity index (χ4v) is 4.32. The Bertz CT molecular complexity index is 738. The van der Waals surface area contributed by atoms with Crippen LogP contribution in [0, 0.1) is 0 Å². The van der Waals surface area contributed by atoms with E-state index in [1.165, 1.54) is 77.2 Å². The number of carboxylic acid groups (broad SMARTS) is 1. The SMILES string of the molecule is CCCCCCCCCCCCCCCc1c(C(C)=O)cc(NC(CS)C(=O)O)c(O)c1O. The number of phenolic OH excluding ortho intramolecular Hbond substituents is 2. The Morgan fingerprint density at radius 1 is 0.879 bits per heavy atom. The third kappa shape index (κ3) is 10.7. The summed E-state index contributed by atoms with van der Waals surface area (Å²) >= 11 is 3.99. The van der Waals surface area contributed by atoms with Gasteiger partial charge in [0.1, 0.15) is 6.04 Å². The Morgan fingerprint density at radius 2 is 1.36 bits per heavy atom. The molecule has 0 fully saturated rings. The largest absolute Gasteiger partial charge is 0.504 e. The van der Waals surface area contributed by atoms with Crippen LogP contribution in [-0.2, 0) is 11.2 Å². The Labute approximate surface area is 204 Å². The maximum absolute atomic E-state index is 12.2. The number of hydrogen-bond acceptors (Lipinski definition) is 6. The number of carbonyl (C=O) groups is 2. The summed E-state index contributed by atoms with van der Waals surface area (Å²) in [5, 5.41) is 32.7. The van der Waals surface area contributed by atoms with Crippen LogP contribution in [0.4, 0.5) is 5.69 Å². The van der Waals surface area contributed by atoms with Crippen molar-refractivity contribution in [1.29, 1.82) is 0 Å². The van der Waals surface area contributed by atoms with Crippen molar-refractivity contribution in [2.45, 2.75) is 110 Å². The summed E-state index contributed by atoms with van der Waals surface area (Å²) in [5.41, 5.74) is 0.745. The van der Waals surface area contributed by atoms with Gasteiger partial charge in [0, 0.05) is 16.9 Å². The molecule has 0 saturated heterocycles. The van der Waals surface area contributed by atoms with Gasteiger partial charge in [-0.05, 0) is 25.8 Å². The summed E-state index contributed by atoms with van der Waals surface area (Å²) in [7, 11) is 0. The number of ketones is 1. The molecule has 0 amide bonds. The van der Waals surface area contributed by atoms with E-state index in [2.05, 4.69) is 24.9 Å². The van der Waals surface area contributed by atoms with Crippen molar-refractivity contribution in [3.8, 4) is 11.5 Å². The summed E-state index contributed by atoms with van der Waals surface area (Å²) in [5.74, 6) is -2.17. The monoisotopic (exact) mass is 481 g/mol. The summed E-state index contributed by atoms with van der Waals surface area (Å²) in [6.45, 7) is 3.64. The zero-order chi connectivity index (χ0) is 24.6. The van der Waals surface area contributed by atoms with Crippen LogP contribution in [0.15, 0.2) is 6.07 Å². The van der Waals surface area contributed by atoms with Crippen LogP contribution < -0.4 is 5.32 Å². The molecule has 4 N–H and O–H groups in total. The van der Waals surface area contributed by atoms with Crippen molar-refractivity contribution >= 4 is 30.1 Å². The molecule has 0 spiro atoms. The van der Waals surface area contributed by atoms with Crippen LogP contribution in [0.2, 0.25) is 0 Å². The van der Waals surface area contributed by atoms with Gasteiger partial charge in [-0.15, -0.1) is 0 Å². The third-order valence-electron chi connectivity index (χ3n) is 6.10. The van der Waals surface area contributed by atoms with E-state index in [-0.39, 0.29) is 23.0 Å². The van der Waals surface area contributed by atoms with Crippen LogP contribution in [0.3, 0.4) is 0 Å². The minimum absolute atomic E-state index is 0.00828. The maximum atomic E-state index is 12.2. The topological polar surface area (TPSA) is 107 Å². The molecular weight excluding hydrogens is 438 g/mol. The molecule has 0 heterocycles. The van der Waals surface area contributed by atoms with Gasteiger partial charge in [-0.25, -0.2) is 4.79 Å². The lowest BCUT2D eigenvalue weighted by atomic mass is 9.95. The number of thiol groups is 1. The molecule has 1 aromatic rings. The number of nitrogens with one attached hydrogen (secondary N) is 1. The highest BCUT2D eigenvalue weighted by Crippen LogP contribution is 2.40. The molecule has 33 heavy (non-hydrogen) atoms. The van der Waals surface area contributed by atoms with E-state index in [9.17, 15) is 24.9 Å². The minimum Gasteiger partial charge on any atom is -0.504 e. The van der Waals surface area contributed by atoms with Gasteiger partial charge in [0.05, 0.1) is 5.69 Å². The second-order valence-corrected chi connectivity index (χ2v) is 9.28. The third-order valence-corrected chi connectivity index (χ3v) is 6.46. The van der Waals surface area contributed by atoms with E-state index in [1.807, 2.05) is 0 Å². The number of carbonyl (C=O) groups excluding carboxylic acids is 1. The number of hydrogen-bond donors (Lipinski definition) is 5. The fourth-order valence-electron chi connectivity index (χ4n) is 4.07. The van der Waals surface area contributed by atoms with Crippen molar-refractivity contribution in [2.75, 3.05) is 11.1 Å². The van der Waals surface area contributed by atoms with Gasteiger partial charge in [-0.2, -0.15) is 12.6 Å². The van der Waals surface area contributed by atoms with Gasteiger partial charge in [0.25, 0.3) is 0 Å². The zero-order valence-corrected chi connectivity index (χ0v) is 21.3. The maximum Gasteiger partial charge on any atom is 0.326 e. The van der Waals surface area contributed by atoms with Crippen LogP contribution in [0.25, 0.3) is 0 Å². The molecule has 0 bridgehead atoms. The molecular formula is C26H43NO5S. The lowest BCUT2D eigenvalue weighted by molar-refractivity contribution is -0.137. The van der Waals surface area contributed by atoms with Crippen LogP contribution in [0.5, 0.6) is 11.5 Å². The second-order valence-electron chi connectivity index (χ2n) is 8.91. The smallest absolute Gasteiger partial charge is 0.326 e. The zero-order valence-electron chi connectivity index (χ0n) is 20.4. The summed E-state index contributed by atoms with van der Waals surface area (Å²) in [4.78, 5) is 23.4. The number of benzene rings is 1. The number of unbranched alkanes of at least 4 members (excludes halogenated alkanes) is 12. The highest BCUT2D eigenvalue weighted by molar-refractivity contribution is 7.80. The van der Waals surface area contributed by atoms with Crippen LogP contribution >= 0.6 is 12.6 Å². The highest BCUT2D eigenvalue weighted by atomic mass is 32.1. The first-order valence-corrected chi connectivity index (χ1v) is 13.2. The molecule has 6 nitrogen and oxygen atoms in total. The van der Waals surface area contributed by atoms with Gasteiger partial charge in [-0.3, -0.25) is 4.79 Å². The van der Waals surface area contributed by atoms with Gasteiger partial charge in [0.15, 0.2) is 17.3 Å². The second kappa shape index (κ2) is 16.7. The molecule has 7 heteroatoms. The molecule has 1 rings (SSSR count). The molecule has 0 saturated carbocycles.